The van der Waals surface area contributed by atoms with Crippen molar-refractivity contribution in [2.45, 2.75) is 31.3 Å². The van der Waals surface area contributed by atoms with Gasteiger partial charge in [0.1, 0.15) is 0 Å². The molecule has 4 rings (SSSR count). The Balaban J connectivity index is 1.41. The first kappa shape index (κ1) is 20.7. The number of carbonyl (C=O) groups excluding carboxylic acids is 1. The maximum Gasteiger partial charge on any atom is 0.230 e. The number of rotatable bonds is 8. The summed E-state index contributed by atoms with van der Waals surface area (Å²) in [7, 11) is 0. The molecule has 1 aromatic carbocycles. The minimum Gasteiger partial charge on any atom is -0.461 e. The zero-order valence-corrected chi connectivity index (χ0v) is 18.0. The van der Waals surface area contributed by atoms with Gasteiger partial charge in [0.05, 0.1) is 17.7 Å². The number of likely N-dealkylation sites (tertiary alicyclic amines) is 1. The lowest BCUT2D eigenvalue weighted by Gasteiger charge is -2.26. The van der Waals surface area contributed by atoms with Crippen molar-refractivity contribution in [1.82, 2.24) is 25.0 Å². The Bertz CT molecular complexity index is 964. The van der Waals surface area contributed by atoms with Crippen LogP contribution in [0.4, 0.5) is 0 Å². The molecule has 1 saturated heterocycles. The summed E-state index contributed by atoms with van der Waals surface area (Å²) in [5.41, 5.74) is 2.08. The van der Waals surface area contributed by atoms with Crippen molar-refractivity contribution in [2.24, 2.45) is 0 Å². The summed E-state index contributed by atoms with van der Waals surface area (Å²) < 4.78 is 7.49. The highest BCUT2D eigenvalue weighted by Gasteiger charge is 2.19. The van der Waals surface area contributed by atoms with Gasteiger partial charge in [0.2, 0.25) is 11.7 Å². The number of hydrogen-bond donors (Lipinski definition) is 1. The van der Waals surface area contributed by atoms with Gasteiger partial charge < -0.3 is 14.6 Å². The molecule has 1 aliphatic rings. The molecular weight excluding hydrogens is 398 g/mol. The maximum absolute atomic E-state index is 12.4. The molecule has 0 spiro atoms. The van der Waals surface area contributed by atoms with Crippen LogP contribution in [0.5, 0.6) is 0 Å². The van der Waals surface area contributed by atoms with Gasteiger partial charge in [0.15, 0.2) is 10.9 Å². The van der Waals surface area contributed by atoms with Gasteiger partial charge in [-0.05, 0) is 62.7 Å². The molecular formula is C22H27N5O2S. The summed E-state index contributed by atoms with van der Waals surface area (Å²) in [5.74, 6) is 1.57. The van der Waals surface area contributed by atoms with E-state index in [0.29, 0.717) is 29.0 Å². The SMILES string of the molecule is Cc1cccc(-n2c(SCC(=O)NCCN3CCCCC3)nnc2-c2ccco2)c1. The standard InChI is InChI=1S/C22H27N5O2S/c1-17-7-5-8-18(15-17)27-21(19-9-6-14-29-19)24-25-22(27)30-16-20(28)23-10-13-26-11-3-2-4-12-26/h5-9,14-15H,2-4,10-13,16H2,1H3,(H,23,28). The van der Waals surface area contributed by atoms with Crippen LogP contribution < -0.4 is 5.32 Å². The predicted molar refractivity (Wildman–Crippen MR) is 118 cm³/mol. The number of carbonyl (C=O) groups is 1. The minimum atomic E-state index is 0.00958. The van der Waals surface area contributed by atoms with E-state index in [4.69, 9.17) is 4.42 Å². The first-order chi connectivity index (χ1) is 14.7. The van der Waals surface area contributed by atoms with E-state index < -0.39 is 0 Å². The van der Waals surface area contributed by atoms with Gasteiger partial charge >= 0.3 is 0 Å². The second kappa shape index (κ2) is 9.95. The summed E-state index contributed by atoms with van der Waals surface area (Å²) in [6, 6.07) is 11.8. The van der Waals surface area contributed by atoms with Crippen LogP contribution in [0.15, 0.2) is 52.2 Å². The normalized spacial score (nSPS) is 14.7. The number of benzene rings is 1. The van der Waals surface area contributed by atoms with E-state index in [1.807, 2.05) is 41.8 Å². The topological polar surface area (TPSA) is 76.2 Å². The monoisotopic (exact) mass is 425 g/mol. The van der Waals surface area contributed by atoms with Crippen molar-refractivity contribution in [3.63, 3.8) is 0 Å². The van der Waals surface area contributed by atoms with Crippen molar-refractivity contribution in [3.05, 3.63) is 48.2 Å². The fraction of sp³-hybridized carbons (Fsp3) is 0.409. The third-order valence-electron chi connectivity index (χ3n) is 5.17. The number of aryl methyl sites for hydroxylation is 1. The Kier molecular flexibility index (Phi) is 6.86. The first-order valence-corrected chi connectivity index (χ1v) is 11.4. The van der Waals surface area contributed by atoms with E-state index in [1.165, 1.54) is 31.0 Å². The average molecular weight is 426 g/mol. The summed E-state index contributed by atoms with van der Waals surface area (Å²) in [6.07, 6.45) is 5.46. The lowest BCUT2D eigenvalue weighted by Crippen LogP contribution is -2.38. The number of thioether (sulfide) groups is 1. The van der Waals surface area contributed by atoms with Gasteiger partial charge in [0, 0.05) is 13.1 Å². The molecule has 1 aliphatic heterocycles. The highest BCUT2D eigenvalue weighted by molar-refractivity contribution is 7.99. The number of furan rings is 1. The molecule has 3 heterocycles. The Morgan fingerprint density at radius 1 is 1.17 bits per heavy atom. The number of piperidine rings is 1. The number of aromatic nitrogens is 3. The van der Waals surface area contributed by atoms with E-state index in [0.717, 1.165) is 30.9 Å². The van der Waals surface area contributed by atoms with Gasteiger partial charge in [-0.25, -0.2) is 0 Å². The molecule has 1 amide bonds. The van der Waals surface area contributed by atoms with Crippen LogP contribution in [0.1, 0.15) is 24.8 Å². The van der Waals surface area contributed by atoms with Crippen molar-refractivity contribution in [2.75, 3.05) is 31.9 Å². The lowest BCUT2D eigenvalue weighted by molar-refractivity contribution is -0.118. The molecule has 0 aliphatic carbocycles. The van der Waals surface area contributed by atoms with E-state index in [9.17, 15) is 4.79 Å². The molecule has 3 aromatic rings. The van der Waals surface area contributed by atoms with Gasteiger partial charge in [-0.15, -0.1) is 10.2 Å². The number of nitrogens with zero attached hydrogens (tertiary/aromatic N) is 4. The quantitative estimate of drug-likeness (QED) is 0.557. The van der Waals surface area contributed by atoms with Crippen LogP contribution in [0.2, 0.25) is 0 Å². The number of amides is 1. The Hall–Kier alpha value is -2.58. The fourth-order valence-corrected chi connectivity index (χ4v) is 4.43. The van der Waals surface area contributed by atoms with Crippen LogP contribution in [0.25, 0.3) is 17.3 Å². The van der Waals surface area contributed by atoms with Crippen molar-refractivity contribution >= 4 is 17.7 Å². The second-order valence-corrected chi connectivity index (χ2v) is 8.44. The Morgan fingerprint density at radius 3 is 2.80 bits per heavy atom. The second-order valence-electron chi connectivity index (χ2n) is 7.50. The Morgan fingerprint density at radius 2 is 2.03 bits per heavy atom. The third-order valence-corrected chi connectivity index (χ3v) is 6.09. The molecule has 0 radical (unpaired) electrons. The number of nitrogens with one attached hydrogen (secondary N) is 1. The highest BCUT2D eigenvalue weighted by Crippen LogP contribution is 2.28. The fourth-order valence-electron chi connectivity index (χ4n) is 3.65. The third kappa shape index (κ3) is 5.12. The largest absolute Gasteiger partial charge is 0.461 e. The average Bonchev–Trinajstić information content (AvgIpc) is 3.43. The molecule has 7 nitrogen and oxygen atoms in total. The number of hydrogen-bond acceptors (Lipinski definition) is 6. The summed E-state index contributed by atoms with van der Waals surface area (Å²) >= 11 is 1.38. The predicted octanol–water partition coefficient (Wildman–Crippen LogP) is 3.53. The van der Waals surface area contributed by atoms with E-state index >= 15 is 0 Å². The van der Waals surface area contributed by atoms with Crippen molar-refractivity contribution in [3.8, 4) is 17.3 Å². The van der Waals surface area contributed by atoms with Crippen molar-refractivity contribution in [1.29, 1.82) is 0 Å². The van der Waals surface area contributed by atoms with Crippen LogP contribution in [0.3, 0.4) is 0 Å². The maximum atomic E-state index is 12.4. The molecule has 158 valence electrons. The Labute approximate surface area is 180 Å². The molecule has 0 atom stereocenters. The van der Waals surface area contributed by atoms with Gasteiger partial charge in [0.25, 0.3) is 0 Å². The molecule has 1 N–H and O–H groups in total. The highest BCUT2D eigenvalue weighted by atomic mass is 32.2. The zero-order valence-electron chi connectivity index (χ0n) is 17.2. The zero-order chi connectivity index (χ0) is 20.8. The van der Waals surface area contributed by atoms with Crippen molar-refractivity contribution < 1.29 is 9.21 Å². The van der Waals surface area contributed by atoms with Crippen LogP contribution in [-0.2, 0) is 4.79 Å². The summed E-state index contributed by atoms with van der Waals surface area (Å²) in [6.45, 7) is 5.92. The lowest BCUT2D eigenvalue weighted by atomic mass is 10.1. The van der Waals surface area contributed by atoms with Crippen LogP contribution in [-0.4, -0.2) is 57.5 Å². The molecule has 2 aromatic heterocycles. The molecule has 0 bridgehead atoms. The van der Waals surface area contributed by atoms with Gasteiger partial charge in [-0.2, -0.15) is 0 Å². The molecule has 0 unspecified atom stereocenters. The summed E-state index contributed by atoms with van der Waals surface area (Å²) in [4.78, 5) is 14.8. The molecule has 1 fully saturated rings. The van der Waals surface area contributed by atoms with Gasteiger partial charge in [-0.3, -0.25) is 9.36 Å². The van der Waals surface area contributed by atoms with Gasteiger partial charge in [-0.1, -0.05) is 30.3 Å². The van der Waals surface area contributed by atoms with E-state index in [2.05, 4.69) is 26.5 Å². The van der Waals surface area contributed by atoms with Crippen LogP contribution >= 0.6 is 11.8 Å². The summed E-state index contributed by atoms with van der Waals surface area (Å²) in [5, 5.41) is 12.3. The van der Waals surface area contributed by atoms with E-state index in [1.54, 1.807) is 6.26 Å². The molecule has 8 heteroatoms. The first-order valence-electron chi connectivity index (χ1n) is 10.4. The minimum absolute atomic E-state index is 0.00958. The van der Waals surface area contributed by atoms with E-state index in [-0.39, 0.29) is 5.91 Å². The molecule has 30 heavy (non-hydrogen) atoms. The smallest absolute Gasteiger partial charge is 0.230 e. The molecule has 0 saturated carbocycles. The van der Waals surface area contributed by atoms with Crippen LogP contribution in [0, 0.1) is 6.92 Å².